The summed E-state index contributed by atoms with van der Waals surface area (Å²) in [6.07, 6.45) is 2.64. The maximum Gasteiger partial charge on any atom is 6.00 e. The molecule has 1 aromatic carbocycles. The normalized spacial score (nSPS) is 10.1. The molecular formula is C15H18CrO3Si+6. The fraction of sp³-hybridized carbons (Fsp3) is 0.400. The van der Waals surface area contributed by atoms with E-state index in [2.05, 4.69) is 58.6 Å². The van der Waals surface area contributed by atoms with Crippen molar-refractivity contribution in [3.63, 3.8) is 0 Å². The van der Waals surface area contributed by atoms with E-state index in [1.165, 1.54) is 18.4 Å². The molecular weight excluding hydrogens is 308 g/mol. The molecule has 0 amide bonds. The van der Waals surface area contributed by atoms with Crippen LogP contribution in [0.3, 0.4) is 0 Å². The number of aryl methyl sites for hydroxylation is 2. The third-order valence-corrected chi connectivity index (χ3v) is 5.00. The first-order valence-corrected chi connectivity index (χ1v) is 9.22. The van der Waals surface area contributed by atoms with Gasteiger partial charge in [-0.05, 0) is 30.9 Å². The first-order chi connectivity index (χ1) is 8.98. The number of benzene rings is 1. The van der Waals surface area contributed by atoms with E-state index in [0.29, 0.717) is 0 Å². The zero-order chi connectivity index (χ0) is 15.6. The van der Waals surface area contributed by atoms with Crippen LogP contribution < -0.4 is 5.19 Å². The Bertz CT molecular complexity index is 456. The van der Waals surface area contributed by atoms with Crippen molar-refractivity contribution in [2.75, 3.05) is 0 Å². The van der Waals surface area contributed by atoms with Crippen LogP contribution in [0.5, 0.6) is 0 Å². The van der Waals surface area contributed by atoms with E-state index in [0.717, 1.165) is 0 Å². The number of rotatable bonds is 1. The van der Waals surface area contributed by atoms with Gasteiger partial charge in [-0.3, -0.25) is 0 Å². The van der Waals surface area contributed by atoms with Gasteiger partial charge in [-0.1, -0.05) is 42.5 Å². The average Bonchev–Trinajstić information content (AvgIpc) is 2.39. The Morgan fingerprint density at radius 2 is 1.35 bits per heavy atom. The number of hydrogen-bond acceptors (Lipinski definition) is 0. The van der Waals surface area contributed by atoms with Gasteiger partial charge >= 0.3 is 51.3 Å². The van der Waals surface area contributed by atoms with Gasteiger partial charge < -0.3 is 0 Å². The summed E-state index contributed by atoms with van der Waals surface area (Å²) in [7, 11) is -1.09. The molecule has 1 aliphatic carbocycles. The summed E-state index contributed by atoms with van der Waals surface area (Å²) in [5, 5.41) is 1.70. The van der Waals surface area contributed by atoms with E-state index < -0.39 is 8.07 Å². The third-order valence-electron chi connectivity index (χ3n) is 2.94. The van der Waals surface area contributed by atoms with Crippen LogP contribution in [0.1, 0.15) is 16.7 Å². The minimum absolute atomic E-state index is 0. The second kappa shape index (κ2) is 12.0. The van der Waals surface area contributed by atoms with Gasteiger partial charge in [0.05, 0.1) is 8.07 Å². The molecule has 0 bridgehead atoms. The average molecular weight is 326 g/mol. The fourth-order valence-corrected chi connectivity index (χ4v) is 4.01. The van der Waals surface area contributed by atoms with E-state index in [-0.39, 0.29) is 17.4 Å². The molecule has 0 N–H and O–H groups in total. The molecule has 20 heavy (non-hydrogen) atoms. The Labute approximate surface area is 133 Å². The molecule has 0 aromatic heterocycles. The maximum atomic E-state index is 7.50. The van der Waals surface area contributed by atoms with E-state index in [1.54, 1.807) is 16.3 Å². The van der Waals surface area contributed by atoms with Gasteiger partial charge in [0.15, 0.2) is 0 Å². The monoisotopic (exact) mass is 326 g/mol. The van der Waals surface area contributed by atoms with Gasteiger partial charge in [0.25, 0.3) is 0 Å². The van der Waals surface area contributed by atoms with Crippen LogP contribution in [-0.2, 0) is 44.2 Å². The summed E-state index contributed by atoms with van der Waals surface area (Å²) in [6, 6.07) is 4.78. The van der Waals surface area contributed by atoms with Crippen molar-refractivity contribution in [3.05, 3.63) is 48.8 Å². The van der Waals surface area contributed by atoms with Crippen molar-refractivity contribution in [1.82, 2.24) is 0 Å². The van der Waals surface area contributed by atoms with Crippen molar-refractivity contribution in [2.24, 2.45) is 0 Å². The van der Waals surface area contributed by atoms with Crippen molar-refractivity contribution < 1.29 is 31.3 Å². The summed E-state index contributed by atoms with van der Waals surface area (Å²) in [5.41, 5.74) is 4.76. The Morgan fingerprint density at radius 3 is 1.65 bits per heavy atom. The molecule has 0 heterocycles. The van der Waals surface area contributed by atoms with Crippen molar-refractivity contribution in [3.8, 4) is 0 Å². The summed E-state index contributed by atoms with van der Waals surface area (Å²) in [4.78, 5) is 0. The third kappa shape index (κ3) is 6.57. The largest absolute Gasteiger partial charge is 6.00 e. The van der Waals surface area contributed by atoms with Gasteiger partial charge in [0.1, 0.15) is 0 Å². The fourth-order valence-electron chi connectivity index (χ4n) is 2.16. The van der Waals surface area contributed by atoms with E-state index in [4.69, 9.17) is 14.0 Å². The van der Waals surface area contributed by atoms with E-state index in [9.17, 15) is 0 Å². The zero-order valence-corrected chi connectivity index (χ0v) is 14.5. The van der Waals surface area contributed by atoms with Crippen LogP contribution in [0.2, 0.25) is 19.6 Å². The summed E-state index contributed by atoms with van der Waals surface area (Å²) in [6.45, 7) is 23.1. The molecule has 2 rings (SSSR count). The molecule has 0 fully saturated rings. The Morgan fingerprint density at radius 1 is 0.900 bits per heavy atom. The van der Waals surface area contributed by atoms with Gasteiger partial charge in [-0.15, -0.1) is 0 Å². The molecule has 0 spiro atoms. The molecule has 5 heteroatoms. The van der Waals surface area contributed by atoms with Gasteiger partial charge in [0.2, 0.25) is 0 Å². The van der Waals surface area contributed by atoms with Crippen LogP contribution >= 0.6 is 0 Å². The summed E-state index contributed by atoms with van der Waals surface area (Å²) >= 11 is 0. The number of hydrogen-bond donors (Lipinski definition) is 0. The van der Waals surface area contributed by atoms with Crippen molar-refractivity contribution >= 4 is 13.3 Å². The number of fused-ring (bicyclic) bond motifs is 1. The Hall–Kier alpha value is -0.811. The maximum absolute atomic E-state index is 7.50. The topological polar surface area (TPSA) is 59.7 Å². The molecule has 0 unspecified atom stereocenters. The summed E-state index contributed by atoms with van der Waals surface area (Å²) < 4.78 is 22.5. The second-order valence-electron chi connectivity index (χ2n) is 5.20. The quantitative estimate of drug-likeness (QED) is 0.433. The molecule has 0 atom stereocenters. The molecule has 0 radical (unpaired) electrons. The summed E-state index contributed by atoms with van der Waals surface area (Å²) in [5.74, 6) is 0. The van der Waals surface area contributed by atoms with E-state index >= 15 is 0 Å². The zero-order valence-electron chi connectivity index (χ0n) is 12.2. The molecule has 3 nitrogen and oxygen atoms in total. The van der Waals surface area contributed by atoms with Crippen LogP contribution in [-0.4, -0.2) is 8.07 Å². The van der Waals surface area contributed by atoms with Gasteiger partial charge in [0, 0.05) is 0 Å². The van der Waals surface area contributed by atoms with E-state index in [1.807, 2.05) is 0 Å². The smallest absolute Gasteiger partial charge is 6.00 e. The molecule has 1 aromatic rings. The van der Waals surface area contributed by atoms with Crippen molar-refractivity contribution in [1.29, 1.82) is 0 Å². The molecule has 1 aliphatic rings. The van der Waals surface area contributed by atoms with Crippen LogP contribution in [0.15, 0.2) is 12.1 Å². The van der Waals surface area contributed by atoms with Crippen LogP contribution in [0.4, 0.5) is 0 Å². The molecule has 100 valence electrons. The second-order valence-corrected chi connectivity index (χ2v) is 10.2. The predicted molar refractivity (Wildman–Crippen MR) is 73.4 cm³/mol. The minimum Gasteiger partial charge on any atom is 6.00 e. The molecule has 0 saturated carbocycles. The van der Waals surface area contributed by atoms with Gasteiger partial charge in [-0.25, -0.2) is 0 Å². The first kappa shape index (κ1) is 24.2. The standard InChI is InChI=1S/C12H18Si.3CO.Cr/c1-9-7-10-5-6-11(10)12(8-9)13(2,3)4;3*1-2;/h7-8H,5-6H2,1-4H3;;;;/q;;;;+6. The SMILES string of the molecule is Cc1cc2c(c([Si](C)(C)C)c1)CC2.[C-]#[O+].[C-]#[O+].[C-]#[O+].[Cr+6]. The van der Waals surface area contributed by atoms with Crippen molar-refractivity contribution in [2.45, 2.75) is 39.4 Å². The Kier molecular flexibility index (Phi) is 14.5. The predicted octanol–water partition coefficient (Wildman–Crippen LogP) is 2.52. The molecule has 0 aliphatic heterocycles. The minimum atomic E-state index is -1.09. The molecule has 0 saturated heterocycles. The van der Waals surface area contributed by atoms with Crippen LogP contribution in [0, 0.1) is 26.9 Å². The first-order valence-electron chi connectivity index (χ1n) is 5.72. The Balaban J connectivity index is -0.000000368. The van der Waals surface area contributed by atoms with Crippen LogP contribution in [0.25, 0.3) is 0 Å². The van der Waals surface area contributed by atoms with Gasteiger partial charge in [-0.2, -0.15) is 0 Å².